The SMILES string of the molecule is O=[N+]([O-])c1ccc(OC2CC3C[C@H]3C2)c(Cl)c1. The van der Waals surface area contributed by atoms with Crippen LogP contribution in [0.3, 0.4) is 0 Å². The van der Waals surface area contributed by atoms with Crippen molar-refractivity contribution in [2.45, 2.75) is 25.4 Å². The molecule has 4 nitrogen and oxygen atoms in total. The first-order chi connectivity index (χ1) is 8.13. The van der Waals surface area contributed by atoms with Crippen molar-refractivity contribution in [2.75, 3.05) is 0 Å². The van der Waals surface area contributed by atoms with Crippen LogP contribution in [0.2, 0.25) is 5.02 Å². The average Bonchev–Trinajstić information content (AvgIpc) is 2.89. The molecule has 0 spiro atoms. The van der Waals surface area contributed by atoms with E-state index >= 15 is 0 Å². The van der Waals surface area contributed by atoms with E-state index in [1.807, 2.05) is 0 Å². The highest BCUT2D eigenvalue weighted by atomic mass is 35.5. The second-order valence-corrected chi connectivity index (χ2v) is 5.25. The maximum Gasteiger partial charge on any atom is 0.271 e. The zero-order chi connectivity index (χ0) is 12.0. The fraction of sp³-hybridized carbons (Fsp3) is 0.500. The van der Waals surface area contributed by atoms with Crippen LogP contribution >= 0.6 is 11.6 Å². The van der Waals surface area contributed by atoms with Crippen LogP contribution in [0.1, 0.15) is 19.3 Å². The van der Waals surface area contributed by atoms with Crippen LogP contribution in [0.25, 0.3) is 0 Å². The summed E-state index contributed by atoms with van der Waals surface area (Å²) in [7, 11) is 0. The lowest BCUT2D eigenvalue weighted by Crippen LogP contribution is -2.13. The van der Waals surface area contributed by atoms with E-state index < -0.39 is 4.92 Å². The first kappa shape index (κ1) is 10.8. The minimum Gasteiger partial charge on any atom is -0.489 e. The molecule has 2 saturated carbocycles. The summed E-state index contributed by atoms with van der Waals surface area (Å²) in [5, 5.41) is 10.9. The van der Waals surface area contributed by atoms with Gasteiger partial charge in [0, 0.05) is 12.1 Å². The number of fused-ring (bicyclic) bond motifs is 1. The molecule has 17 heavy (non-hydrogen) atoms. The molecule has 2 unspecified atom stereocenters. The van der Waals surface area contributed by atoms with Gasteiger partial charge in [0.15, 0.2) is 0 Å². The molecule has 90 valence electrons. The Morgan fingerprint density at radius 1 is 1.29 bits per heavy atom. The van der Waals surface area contributed by atoms with Crippen LogP contribution in [-0.4, -0.2) is 11.0 Å². The van der Waals surface area contributed by atoms with Crippen molar-refractivity contribution in [3.05, 3.63) is 33.3 Å². The normalized spacial score (nSPS) is 29.8. The molecule has 3 rings (SSSR count). The molecule has 5 heteroatoms. The number of hydrogen-bond acceptors (Lipinski definition) is 3. The number of nitro groups is 1. The van der Waals surface area contributed by atoms with Crippen molar-refractivity contribution >= 4 is 17.3 Å². The first-order valence-electron chi connectivity index (χ1n) is 5.74. The molecule has 0 aromatic heterocycles. The molecule has 2 aliphatic rings. The number of nitrogens with zero attached hydrogens (tertiary/aromatic N) is 1. The standard InChI is InChI=1S/C12H12ClNO3/c13-11-6-9(14(15)16)1-2-12(11)17-10-4-7-3-8(7)5-10/h1-2,6-8,10H,3-5H2/t7-,8?,10?/m0/s1. The zero-order valence-corrected chi connectivity index (χ0v) is 9.89. The lowest BCUT2D eigenvalue weighted by atomic mass is 10.2. The Labute approximate surface area is 104 Å². The van der Waals surface area contributed by atoms with Gasteiger partial charge in [-0.3, -0.25) is 10.1 Å². The third-order valence-electron chi connectivity index (χ3n) is 3.62. The molecular formula is C12H12ClNO3. The number of halogens is 1. The van der Waals surface area contributed by atoms with Crippen LogP contribution in [0, 0.1) is 22.0 Å². The highest BCUT2D eigenvalue weighted by molar-refractivity contribution is 6.32. The van der Waals surface area contributed by atoms with E-state index in [0.717, 1.165) is 24.7 Å². The average molecular weight is 254 g/mol. The summed E-state index contributed by atoms with van der Waals surface area (Å²) in [4.78, 5) is 10.1. The highest BCUT2D eigenvalue weighted by Gasteiger charge is 2.46. The maximum absolute atomic E-state index is 10.6. The van der Waals surface area contributed by atoms with Crippen LogP contribution in [0.15, 0.2) is 18.2 Å². The minimum absolute atomic E-state index is 0.00313. The zero-order valence-electron chi connectivity index (χ0n) is 9.14. The van der Waals surface area contributed by atoms with Crippen LogP contribution < -0.4 is 4.74 Å². The third-order valence-corrected chi connectivity index (χ3v) is 3.92. The molecule has 1 aromatic carbocycles. The summed E-state index contributed by atoms with van der Waals surface area (Å²) >= 11 is 5.97. The number of nitro benzene ring substituents is 1. The van der Waals surface area contributed by atoms with E-state index in [9.17, 15) is 10.1 Å². The van der Waals surface area contributed by atoms with Gasteiger partial charge in [0.2, 0.25) is 0 Å². The molecule has 3 atom stereocenters. The fourth-order valence-corrected chi connectivity index (χ4v) is 2.85. The smallest absolute Gasteiger partial charge is 0.271 e. The van der Waals surface area contributed by atoms with Crippen molar-refractivity contribution in [2.24, 2.45) is 11.8 Å². The van der Waals surface area contributed by atoms with Crippen molar-refractivity contribution in [3.8, 4) is 5.75 Å². The van der Waals surface area contributed by atoms with E-state index in [2.05, 4.69) is 0 Å². The van der Waals surface area contributed by atoms with E-state index in [4.69, 9.17) is 16.3 Å². The number of ether oxygens (including phenoxy) is 1. The molecule has 1 aromatic rings. The van der Waals surface area contributed by atoms with Crippen LogP contribution in [0.5, 0.6) is 5.75 Å². The van der Waals surface area contributed by atoms with E-state index in [1.54, 1.807) is 6.07 Å². The Kier molecular flexibility index (Phi) is 2.47. The van der Waals surface area contributed by atoms with Gasteiger partial charge < -0.3 is 4.74 Å². The predicted molar refractivity (Wildman–Crippen MR) is 63.4 cm³/mol. The Morgan fingerprint density at radius 3 is 2.59 bits per heavy atom. The van der Waals surface area contributed by atoms with Crippen molar-refractivity contribution in [3.63, 3.8) is 0 Å². The van der Waals surface area contributed by atoms with Gasteiger partial charge in [-0.05, 0) is 37.2 Å². The Hall–Kier alpha value is -1.29. The van der Waals surface area contributed by atoms with E-state index in [0.29, 0.717) is 10.8 Å². The highest BCUT2D eigenvalue weighted by Crippen LogP contribution is 2.52. The summed E-state index contributed by atoms with van der Waals surface area (Å²) in [6.07, 6.45) is 3.77. The van der Waals surface area contributed by atoms with Crippen molar-refractivity contribution in [1.82, 2.24) is 0 Å². The second-order valence-electron chi connectivity index (χ2n) is 4.84. The largest absolute Gasteiger partial charge is 0.489 e. The summed E-state index contributed by atoms with van der Waals surface area (Å²) in [5.74, 6) is 2.25. The molecule has 2 aliphatic carbocycles. The molecule has 0 aliphatic heterocycles. The topological polar surface area (TPSA) is 52.4 Å². The van der Waals surface area contributed by atoms with Crippen LogP contribution in [-0.2, 0) is 0 Å². The van der Waals surface area contributed by atoms with Gasteiger partial charge in [-0.15, -0.1) is 0 Å². The van der Waals surface area contributed by atoms with Crippen molar-refractivity contribution < 1.29 is 9.66 Å². The van der Waals surface area contributed by atoms with Crippen molar-refractivity contribution in [1.29, 1.82) is 0 Å². The van der Waals surface area contributed by atoms with E-state index in [-0.39, 0.29) is 11.8 Å². The quantitative estimate of drug-likeness (QED) is 0.613. The van der Waals surface area contributed by atoms with Gasteiger partial charge in [0.25, 0.3) is 5.69 Å². The summed E-state index contributed by atoms with van der Waals surface area (Å²) in [6.45, 7) is 0. The summed E-state index contributed by atoms with van der Waals surface area (Å²) < 4.78 is 5.79. The molecular weight excluding hydrogens is 242 g/mol. The first-order valence-corrected chi connectivity index (χ1v) is 6.12. The summed E-state index contributed by atoms with van der Waals surface area (Å²) in [6, 6.07) is 4.36. The molecule has 0 saturated heterocycles. The monoisotopic (exact) mass is 253 g/mol. The third kappa shape index (κ3) is 2.09. The maximum atomic E-state index is 10.6. The molecule has 2 fully saturated rings. The molecule has 0 heterocycles. The second kappa shape index (κ2) is 3.88. The molecule has 0 amide bonds. The van der Waals surface area contributed by atoms with Crippen LogP contribution in [0.4, 0.5) is 5.69 Å². The lowest BCUT2D eigenvalue weighted by Gasteiger charge is -2.15. The number of hydrogen-bond donors (Lipinski definition) is 0. The van der Waals surface area contributed by atoms with Gasteiger partial charge in [0.05, 0.1) is 16.0 Å². The van der Waals surface area contributed by atoms with Gasteiger partial charge in [-0.1, -0.05) is 11.6 Å². The molecule has 0 bridgehead atoms. The molecule has 0 radical (unpaired) electrons. The fourth-order valence-electron chi connectivity index (χ4n) is 2.63. The Balaban J connectivity index is 1.72. The Bertz CT molecular complexity index is 467. The van der Waals surface area contributed by atoms with Gasteiger partial charge in [-0.25, -0.2) is 0 Å². The Morgan fingerprint density at radius 2 is 2.00 bits per heavy atom. The summed E-state index contributed by atoms with van der Waals surface area (Å²) in [5.41, 5.74) is -0.00313. The molecule has 0 N–H and O–H groups in total. The van der Waals surface area contributed by atoms with Gasteiger partial charge in [-0.2, -0.15) is 0 Å². The van der Waals surface area contributed by atoms with Gasteiger partial charge >= 0.3 is 0 Å². The predicted octanol–water partition coefficient (Wildman–Crippen LogP) is 3.43. The minimum atomic E-state index is -0.458. The lowest BCUT2D eigenvalue weighted by molar-refractivity contribution is -0.384. The number of rotatable bonds is 3. The number of non-ortho nitro benzene ring substituents is 1. The van der Waals surface area contributed by atoms with E-state index in [1.165, 1.54) is 18.6 Å². The van der Waals surface area contributed by atoms with Gasteiger partial charge in [0.1, 0.15) is 5.75 Å². The number of benzene rings is 1.